The third-order valence-corrected chi connectivity index (χ3v) is 4.32. The molecule has 20 heavy (non-hydrogen) atoms. The molecule has 2 atom stereocenters. The van der Waals surface area contributed by atoms with Gasteiger partial charge in [0.25, 0.3) is 0 Å². The summed E-state index contributed by atoms with van der Waals surface area (Å²) in [6.45, 7) is 3.27. The maximum Gasteiger partial charge on any atom is 0.226 e. The van der Waals surface area contributed by atoms with Gasteiger partial charge in [-0.3, -0.25) is 0 Å². The Balaban J connectivity index is 1.61. The number of aromatic nitrogens is 4. The average Bonchev–Trinajstić information content (AvgIpc) is 2.87. The van der Waals surface area contributed by atoms with Crippen LogP contribution < -0.4 is 5.32 Å². The normalized spacial score (nSPS) is 23.1. The fraction of sp³-hybridized carbons (Fsp3) is 0.643. The summed E-state index contributed by atoms with van der Waals surface area (Å²) in [4.78, 5) is 15.5. The highest BCUT2D eigenvalue weighted by Crippen LogP contribution is 2.30. The van der Waals surface area contributed by atoms with Crippen molar-refractivity contribution < 1.29 is 0 Å². The van der Waals surface area contributed by atoms with E-state index in [0.29, 0.717) is 5.65 Å². The van der Waals surface area contributed by atoms with Crippen LogP contribution in [0.25, 0.3) is 11.2 Å². The fourth-order valence-corrected chi connectivity index (χ4v) is 3.32. The number of nitrogens with zero attached hydrogens (tertiary/aromatic N) is 3. The first-order valence-electron chi connectivity index (χ1n) is 7.33. The second-order valence-electron chi connectivity index (χ2n) is 5.80. The van der Waals surface area contributed by atoms with Gasteiger partial charge in [-0.1, -0.05) is 26.2 Å². The van der Waals surface area contributed by atoms with Gasteiger partial charge in [-0.15, -0.1) is 0 Å². The zero-order valence-corrected chi connectivity index (χ0v) is 12.5. The van der Waals surface area contributed by atoms with E-state index in [-0.39, 0.29) is 5.28 Å². The average molecular weight is 294 g/mol. The first-order chi connectivity index (χ1) is 9.72. The summed E-state index contributed by atoms with van der Waals surface area (Å²) < 4.78 is 0. The smallest absolute Gasteiger partial charge is 0.226 e. The fourth-order valence-electron chi connectivity index (χ4n) is 3.15. The van der Waals surface area contributed by atoms with Crippen LogP contribution in [0.2, 0.25) is 5.28 Å². The summed E-state index contributed by atoms with van der Waals surface area (Å²) in [5.74, 6) is 2.46. The van der Waals surface area contributed by atoms with E-state index in [1.165, 1.54) is 32.1 Å². The van der Waals surface area contributed by atoms with E-state index in [4.69, 9.17) is 11.6 Å². The van der Waals surface area contributed by atoms with Crippen molar-refractivity contribution in [2.45, 2.75) is 39.0 Å². The van der Waals surface area contributed by atoms with E-state index in [1.807, 2.05) is 0 Å². The van der Waals surface area contributed by atoms with E-state index < -0.39 is 0 Å². The molecule has 0 aliphatic heterocycles. The zero-order chi connectivity index (χ0) is 13.9. The molecule has 2 aromatic rings. The molecule has 3 rings (SSSR count). The Morgan fingerprint density at radius 1 is 1.40 bits per heavy atom. The molecular weight excluding hydrogens is 274 g/mol. The molecular formula is C14H20ClN5. The van der Waals surface area contributed by atoms with Gasteiger partial charge in [0.2, 0.25) is 5.28 Å². The summed E-state index contributed by atoms with van der Waals surface area (Å²) in [7, 11) is 0. The van der Waals surface area contributed by atoms with Crippen LogP contribution in [0, 0.1) is 11.8 Å². The van der Waals surface area contributed by atoms with Gasteiger partial charge in [0.15, 0.2) is 11.5 Å². The van der Waals surface area contributed by atoms with Crippen LogP contribution in [0.1, 0.15) is 39.0 Å². The molecule has 0 radical (unpaired) electrons. The lowest BCUT2D eigenvalue weighted by Gasteiger charge is -2.26. The van der Waals surface area contributed by atoms with E-state index >= 15 is 0 Å². The van der Waals surface area contributed by atoms with Crippen LogP contribution in [-0.4, -0.2) is 26.5 Å². The molecule has 2 aromatic heterocycles. The zero-order valence-electron chi connectivity index (χ0n) is 11.7. The number of anilines is 1. The molecule has 0 aromatic carbocycles. The predicted octanol–water partition coefficient (Wildman–Crippen LogP) is 3.63. The molecule has 0 bridgehead atoms. The third kappa shape index (κ3) is 3.03. The van der Waals surface area contributed by atoms with E-state index in [9.17, 15) is 0 Å². The Bertz CT molecular complexity index is 582. The van der Waals surface area contributed by atoms with Crippen molar-refractivity contribution in [3.63, 3.8) is 0 Å². The Kier molecular flexibility index (Phi) is 4.05. The highest BCUT2D eigenvalue weighted by atomic mass is 35.5. The lowest BCUT2D eigenvalue weighted by atomic mass is 9.81. The van der Waals surface area contributed by atoms with Crippen molar-refractivity contribution in [3.05, 3.63) is 11.6 Å². The van der Waals surface area contributed by atoms with Crippen LogP contribution >= 0.6 is 11.6 Å². The SMILES string of the molecule is CC1CCCC(CCNc2nc(Cl)nc3nc[nH]c23)C1. The lowest BCUT2D eigenvalue weighted by molar-refractivity contribution is 0.274. The highest BCUT2D eigenvalue weighted by Gasteiger charge is 2.18. The minimum absolute atomic E-state index is 0.235. The van der Waals surface area contributed by atoms with Crippen LogP contribution in [-0.2, 0) is 0 Å². The van der Waals surface area contributed by atoms with Gasteiger partial charge in [-0.05, 0) is 36.3 Å². The largest absolute Gasteiger partial charge is 0.368 e. The topological polar surface area (TPSA) is 66.5 Å². The van der Waals surface area contributed by atoms with Crippen molar-refractivity contribution in [3.8, 4) is 0 Å². The Morgan fingerprint density at radius 3 is 3.15 bits per heavy atom. The molecule has 1 fully saturated rings. The molecule has 5 nitrogen and oxygen atoms in total. The maximum absolute atomic E-state index is 5.91. The molecule has 2 N–H and O–H groups in total. The number of nitrogens with one attached hydrogen (secondary N) is 2. The van der Waals surface area contributed by atoms with Crippen molar-refractivity contribution in [2.75, 3.05) is 11.9 Å². The van der Waals surface area contributed by atoms with Gasteiger partial charge in [0.05, 0.1) is 6.33 Å². The Morgan fingerprint density at radius 2 is 2.30 bits per heavy atom. The van der Waals surface area contributed by atoms with E-state index in [0.717, 1.165) is 29.7 Å². The van der Waals surface area contributed by atoms with E-state index in [2.05, 4.69) is 32.2 Å². The second kappa shape index (κ2) is 5.95. The van der Waals surface area contributed by atoms with E-state index in [1.54, 1.807) is 6.33 Å². The van der Waals surface area contributed by atoms with Crippen LogP contribution in [0.4, 0.5) is 5.82 Å². The summed E-state index contributed by atoms with van der Waals surface area (Å²) >= 11 is 5.91. The first-order valence-corrected chi connectivity index (χ1v) is 7.70. The molecule has 1 aliphatic rings. The lowest BCUT2D eigenvalue weighted by Crippen LogP contribution is -2.17. The number of H-pyrrole nitrogens is 1. The van der Waals surface area contributed by atoms with Gasteiger partial charge < -0.3 is 10.3 Å². The van der Waals surface area contributed by atoms with Crippen LogP contribution in [0.3, 0.4) is 0 Å². The molecule has 2 heterocycles. The predicted molar refractivity (Wildman–Crippen MR) is 80.9 cm³/mol. The molecule has 0 amide bonds. The van der Waals surface area contributed by atoms with Crippen LogP contribution in [0.5, 0.6) is 0 Å². The van der Waals surface area contributed by atoms with Gasteiger partial charge in [-0.2, -0.15) is 9.97 Å². The molecule has 6 heteroatoms. The minimum Gasteiger partial charge on any atom is -0.368 e. The first kappa shape index (κ1) is 13.6. The third-order valence-electron chi connectivity index (χ3n) is 4.15. The minimum atomic E-state index is 0.235. The van der Waals surface area contributed by atoms with Crippen molar-refractivity contribution in [1.29, 1.82) is 0 Å². The summed E-state index contributed by atoms with van der Waals surface area (Å²) in [6, 6.07) is 0. The number of hydrogen-bond donors (Lipinski definition) is 2. The Hall–Kier alpha value is -1.36. The van der Waals surface area contributed by atoms with Gasteiger partial charge >= 0.3 is 0 Å². The molecule has 0 saturated heterocycles. The molecule has 1 saturated carbocycles. The highest BCUT2D eigenvalue weighted by molar-refractivity contribution is 6.28. The summed E-state index contributed by atoms with van der Waals surface area (Å²) in [6.07, 6.45) is 8.27. The number of fused-ring (bicyclic) bond motifs is 1. The van der Waals surface area contributed by atoms with Crippen molar-refractivity contribution >= 4 is 28.6 Å². The monoisotopic (exact) mass is 293 g/mol. The van der Waals surface area contributed by atoms with Gasteiger partial charge in [0.1, 0.15) is 5.52 Å². The Labute approximate surface area is 123 Å². The quantitative estimate of drug-likeness (QED) is 0.845. The second-order valence-corrected chi connectivity index (χ2v) is 6.13. The number of hydrogen-bond acceptors (Lipinski definition) is 4. The van der Waals surface area contributed by atoms with Gasteiger partial charge in [-0.25, -0.2) is 4.98 Å². The number of halogens is 1. The standard InChI is InChI=1S/C14H20ClN5/c1-9-3-2-4-10(7-9)5-6-16-12-11-13(18-8-17-11)20-14(15)19-12/h8-10H,2-7H2,1H3,(H2,16,17,18,19,20). The maximum atomic E-state index is 5.91. The molecule has 108 valence electrons. The van der Waals surface area contributed by atoms with Gasteiger partial charge in [0, 0.05) is 6.54 Å². The molecule has 2 unspecified atom stereocenters. The van der Waals surface area contributed by atoms with Crippen molar-refractivity contribution in [1.82, 2.24) is 19.9 Å². The number of aromatic amines is 1. The molecule has 0 spiro atoms. The van der Waals surface area contributed by atoms with Crippen LogP contribution in [0.15, 0.2) is 6.33 Å². The van der Waals surface area contributed by atoms with Crippen molar-refractivity contribution in [2.24, 2.45) is 11.8 Å². The molecule has 1 aliphatic carbocycles. The summed E-state index contributed by atoms with van der Waals surface area (Å²) in [5, 5.41) is 3.60. The summed E-state index contributed by atoms with van der Waals surface area (Å²) in [5.41, 5.74) is 1.44. The number of imidazole rings is 1. The number of rotatable bonds is 4.